The molecule has 0 aromatic carbocycles. The lowest BCUT2D eigenvalue weighted by atomic mass is 9.96. The Kier molecular flexibility index (Phi) is 4.31. The highest BCUT2D eigenvalue weighted by Crippen LogP contribution is 2.30. The van der Waals surface area contributed by atoms with Crippen LogP contribution in [0, 0.1) is 5.92 Å². The molecule has 1 N–H and O–H groups in total. The fraction of sp³-hybridized carbons (Fsp3) is 0.875. The fourth-order valence-corrected chi connectivity index (χ4v) is 2.99. The molecule has 3 rings (SSSR count). The maximum Gasteiger partial charge on any atom is 0.240 e. The van der Waals surface area contributed by atoms with E-state index in [2.05, 4.69) is 41.1 Å². The Balaban J connectivity index is 1.61. The SMILES string of the molecule is CC(C)(C)c1noc(CN(CC2CCCNC2)C2CC2)n1. The van der Waals surface area contributed by atoms with Crippen molar-refractivity contribution in [3.63, 3.8) is 0 Å². The summed E-state index contributed by atoms with van der Waals surface area (Å²) in [4.78, 5) is 7.14. The van der Waals surface area contributed by atoms with Gasteiger partial charge < -0.3 is 9.84 Å². The number of rotatable bonds is 5. The van der Waals surface area contributed by atoms with Gasteiger partial charge >= 0.3 is 0 Å². The van der Waals surface area contributed by atoms with E-state index >= 15 is 0 Å². The molecule has 0 radical (unpaired) electrons. The van der Waals surface area contributed by atoms with Crippen molar-refractivity contribution in [3.8, 4) is 0 Å². The Hall–Kier alpha value is -0.940. The maximum absolute atomic E-state index is 5.47. The van der Waals surface area contributed by atoms with E-state index in [1.165, 1.54) is 32.2 Å². The molecule has 5 nitrogen and oxygen atoms in total. The fourth-order valence-electron chi connectivity index (χ4n) is 2.99. The monoisotopic (exact) mass is 292 g/mol. The third-order valence-electron chi connectivity index (χ3n) is 4.43. The molecule has 1 aliphatic carbocycles. The summed E-state index contributed by atoms with van der Waals surface area (Å²) in [5.74, 6) is 2.35. The van der Waals surface area contributed by atoms with Crippen LogP contribution >= 0.6 is 0 Å². The summed E-state index contributed by atoms with van der Waals surface area (Å²) in [6.45, 7) is 10.7. The summed E-state index contributed by atoms with van der Waals surface area (Å²) < 4.78 is 5.47. The Morgan fingerprint density at radius 3 is 2.67 bits per heavy atom. The first kappa shape index (κ1) is 15.0. The van der Waals surface area contributed by atoms with E-state index < -0.39 is 0 Å². The second-order valence-corrected chi connectivity index (χ2v) is 7.63. The number of nitrogens with one attached hydrogen (secondary N) is 1. The van der Waals surface area contributed by atoms with Crippen LogP contribution in [0.25, 0.3) is 0 Å². The molecule has 1 aromatic heterocycles. The van der Waals surface area contributed by atoms with Crippen molar-refractivity contribution in [2.75, 3.05) is 19.6 Å². The third-order valence-corrected chi connectivity index (χ3v) is 4.43. The van der Waals surface area contributed by atoms with E-state index in [-0.39, 0.29) is 5.41 Å². The van der Waals surface area contributed by atoms with Gasteiger partial charge in [-0.1, -0.05) is 25.9 Å². The molecule has 21 heavy (non-hydrogen) atoms. The lowest BCUT2D eigenvalue weighted by Gasteiger charge is -2.29. The number of aromatic nitrogens is 2. The minimum absolute atomic E-state index is 0.0422. The first-order valence-electron chi connectivity index (χ1n) is 8.30. The molecule has 5 heteroatoms. The van der Waals surface area contributed by atoms with Gasteiger partial charge in [0.2, 0.25) is 5.89 Å². The molecule has 1 unspecified atom stereocenters. The van der Waals surface area contributed by atoms with Gasteiger partial charge in [0, 0.05) is 18.0 Å². The standard InChI is InChI=1S/C16H28N4O/c1-16(2,3)15-18-14(21-19-15)11-20(13-6-7-13)10-12-5-4-8-17-9-12/h12-13,17H,4-11H2,1-3H3. The molecule has 2 fully saturated rings. The van der Waals surface area contributed by atoms with Crippen LogP contribution in [0.15, 0.2) is 4.52 Å². The van der Waals surface area contributed by atoms with Crippen LogP contribution in [0.1, 0.15) is 58.2 Å². The van der Waals surface area contributed by atoms with Gasteiger partial charge in [-0.2, -0.15) is 4.98 Å². The van der Waals surface area contributed by atoms with Crippen LogP contribution in [0.5, 0.6) is 0 Å². The summed E-state index contributed by atoms with van der Waals surface area (Å²) >= 11 is 0. The molecule has 2 heterocycles. The molecular formula is C16H28N4O. The van der Waals surface area contributed by atoms with E-state index in [4.69, 9.17) is 4.52 Å². The number of nitrogens with zero attached hydrogens (tertiary/aromatic N) is 3. The van der Waals surface area contributed by atoms with Crippen molar-refractivity contribution >= 4 is 0 Å². The van der Waals surface area contributed by atoms with Gasteiger partial charge in [-0.15, -0.1) is 0 Å². The molecule has 118 valence electrons. The summed E-state index contributed by atoms with van der Waals surface area (Å²) in [5.41, 5.74) is -0.0422. The van der Waals surface area contributed by atoms with E-state index in [1.807, 2.05) is 0 Å². The van der Waals surface area contributed by atoms with Crippen LogP contribution in [-0.2, 0) is 12.0 Å². The molecule has 0 bridgehead atoms. The Morgan fingerprint density at radius 2 is 2.10 bits per heavy atom. The Bertz CT molecular complexity index is 455. The van der Waals surface area contributed by atoms with Gasteiger partial charge in [-0.3, -0.25) is 4.90 Å². The highest BCUT2D eigenvalue weighted by atomic mass is 16.5. The van der Waals surface area contributed by atoms with E-state index in [9.17, 15) is 0 Å². The number of hydrogen-bond acceptors (Lipinski definition) is 5. The minimum Gasteiger partial charge on any atom is -0.338 e. The molecule has 0 spiro atoms. The summed E-state index contributed by atoms with van der Waals surface area (Å²) in [7, 11) is 0. The first-order chi connectivity index (χ1) is 10.0. The topological polar surface area (TPSA) is 54.2 Å². The summed E-state index contributed by atoms with van der Waals surface area (Å²) in [6, 6.07) is 0.733. The average molecular weight is 292 g/mol. The van der Waals surface area contributed by atoms with Crippen LogP contribution in [0.2, 0.25) is 0 Å². The zero-order chi connectivity index (χ0) is 14.9. The molecule has 1 aromatic rings. The van der Waals surface area contributed by atoms with Crippen molar-refractivity contribution in [3.05, 3.63) is 11.7 Å². The Labute approximate surface area is 127 Å². The van der Waals surface area contributed by atoms with Crippen LogP contribution in [0.3, 0.4) is 0 Å². The normalized spacial score (nSPS) is 23.7. The van der Waals surface area contributed by atoms with Crippen LogP contribution in [-0.4, -0.2) is 40.7 Å². The maximum atomic E-state index is 5.47. The van der Waals surface area contributed by atoms with Crippen molar-refractivity contribution in [2.24, 2.45) is 5.92 Å². The number of hydrogen-bond donors (Lipinski definition) is 1. The van der Waals surface area contributed by atoms with Gasteiger partial charge in [0.1, 0.15) is 0 Å². The summed E-state index contributed by atoms with van der Waals surface area (Å²) in [6.07, 6.45) is 5.28. The zero-order valence-electron chi connectivity index (χ0n) is 13.6. The van der Waals surface area contributed by atoms with Gasteiger partial charge in [-0.25, -0.2) is 0 Å². The van der Waals surface area contributed by atoms with Crippen molar-refractivity contribution in [1.29, 1.82) is 0 Å². The third kappa shape index (κ3) is 4.04. The zero-order valence-corrected chi connectivity index (χ0v) is 13.6. The largest absolute Gasteiger partial charge is 0.338 e. The lowest BCUT2D eigenvalue weighted by molar-refractivity contribution is 0.172. The molecule has 0 amide bonds. The van der Waals surface area contributed by atoms with Crippen molar-refractivity contribution in [2.45, 2.75) is 64.5 Å². The minimum atomic E-state index is -0.0422. The lowest BCUT2D eigenvalue weighted by Crippen LogP contribution is -2.39. The highest BCUT2D eigenvalue weighted by molar-refractivity contribution is 5.00. The molecular weight excluding hydrogens is 264 g/mol. The predicted molar refractivity (Wildman–Crippen MR) is 82.0 cm³/mol. The highest BCUT2D eigenvalue weighted by Gasteiger charge is 2.32. The second-order valence-electron chi connectivity index (χ2n) is 7.63. The molecule has 1 saturated heterocycles. The second kappa shape index (κ2) is 6.05. The van der Waals surface area contributed by atoms with Crippen LogP contribution < -0.4 is 5.32 Å². The van der Waals surface area contributed by atoms with Crippen molar-refractivity contribution < 1.29 is 4.52 Å². The first-order valence-corrected chi connectivity index (χ1v) is 8.30. The van der Waals surface area contributed by atoms with E-state index in [0.29, 0.717) is 0 Å². The molecule has 1 saturated carbocycles. The Morgan fingerprint density at radius 1 is 1.29 bits per heavy atom. The number of piperidine rings is 1. The van der Waals surface area contributed by atoms with Gasteiger partial charge in [-0.05, 0) is 44.7 Å². The average Bonchev–Trinajstić information content (AvgIpc) is 3.17. The molecule has 2 aliphatic rings. The smallest absolute Gasteiger partial charge is 0.240 e. The molecule has 1 atom stereocenters. The van der Waals surface area contributed by atoms with Gasteiger partial charge in [0.15, 0.2) is 5.82 Å². The predicted octanol–water partition coefficient (Wildman–Crippen LogP) is 2.33. The van der Waals surface area contributed by atoms with E-state index in [0.717, 1.165) is 43.3 Å². The summed E-state index contributed by atoms with van der Waals surface area (Å²) in [5, 5.41) is 7.65. The van der Waals surface area contributed by atoms with Gasteiger partial charge in [0.05, 0.1) is 6.54 Å². The van der Waals surface area contributed by atoms with Crippen LogP contribution in [0.4, 0.5) is 0 Å². The quantitative estimate of drug-likeness (QED) is 0.902. The molecule has 1 aliphatic heterocycles. The van der Waals surface area contributed by atoms with E-state index in [1.54, 1.807) is 0 Å². The van der Waals surface area contributed by atoms with Crippen molar-refractivity contribution in [1.82, 2.24) is 20.4 Å². The van der Waals surface area contributed by atoms with Gasteiger partial charge in [0.25, 0.3) is 0 Å².